The average molecular weight is 344 g/mol. The fourth-order valence-corrected chi connectivity index (χ4v) is 3.51. The van der Waals surface area contributed by atoms with Gasteiger partial charge in [-0.05, 0) is 22.4 Å². The van der Waals surface area contributed by atoms with Crippen LogP contribution in [-0.2, 0) is 6.42 Å². The zero-order chi connectivity index (χ0) is 16.8. The molecule has 0 aliphatic carbocycles. The lowest BCUT2D eigenvalue weighted by molar-refractivity contribution is 1.09. The summed E-state index contributed by atoms with van der Waals surface area (Å²) in [6.07, 6.45) is 3.23. The predicted octanol–water partition coefficient (Wildman–Crippen LogP) is 5.68. The van der Waals surface area contributed by atoms with Crippen molar-refractivity contribution in [3.63, 3.8) is 0 Å². The molecule has 1 aromatic carbocycles. The van der Waals surface area contributed by atoms with Crippen molar-refractivity contribution in [3.8, 4) is 17.2 Å². The molecule has 3 nitrogen and oxygen atoms in total. The summed E-state index contributed by atoms with van der Waals surface area (Å²) in [5, 5.41) is 12.6. The SMILES string of the molecule is CCC.N#CCc1csc2c(-c3cc(N)ncc3Cl)cccc12. The lowest BCUT2D eigenvalue weighted by atomic mass is 10.0. The molecule has 3 aromatic rings. The summed E-state index contributed by atoms with van der Waals surface area (Å²) in [5.41, 5.74) is 8.70. The topological polar surface area (TPSA) is 62.7 Å². The van der Waals surface area contributed by atoms with Gasteiger partial charge in [-0.3, -0.25) is 0 Å². The van der Waals surface area contributed by atoms with E-state index in [-0.39, 0.29) is 0 Å². The molecule has 0 saturated heterocycles. The van der Waals surface area contributed by atoms with Crippen LogP contribution in [-0.4, -0.2) is 4.98 Å². The maximum Gasteiger partial charge on any atom is 0.124 e. The first-order chi connectivity index (χ1) is 11.1. The number of hydrogen-bond donors (Lipinski definition) is 1. The summed E-state index contributed by atoms with van der Waals surface area (Å²) in [7, 11) is 0. The molecule has 2 heterocycles. The van der Waals surface area contributed by atoms with Gasteiger partial charge in [-0.2, -0.15) is 5.26 Å². The van der Waals surface area contributed by atoms with E-state index in [9.17, 15) is 0 Å². The quantitative estimate of drug-likeness (QED) is 0.650. The number of aromatic nitrogens is 1. The van der Waals surface area contributed by atoms with Crippen LogP contribution in [0.1, 0.15) is 25.8 Å². The monoisotopic (exact) mass is 343 g/mol. The summed E-state index contributed by atoms with van der Waals surface area (Å²) in [5.74, 6) is 0.440. The molecule has 0 spiro atoms. The number of hydrogen-bond acceptors (Lipinski definition) is 4. The third-order valence-corrected chi connectivity index (χ3v) is 4.50. The number of anilines is 1. The number of rotatable bonds is 2. The average Bonchev–Trinajstić information content (AvgIpc) is 2.94. The van der Waals surface area contributed by atoms with Gasteiger partial charge in [0.15, 0.2) is 0 Å². The zero-order valence-corrected chi connectivity index (χ0v) is 14.7. The molecule has 2 N–H and O–H groups in total. The minimum Gasteiger partial charge on any atom is -0.384 e. The zero-order valence-electron chi connectivity index (χ0n) is 13.1. The first-order valence-electron chi connectivity index (χ1n) is 7.39. The maximum atomic E-state index is 8.87. The minimum atomic E-state index is 0.412. The Bertz CT molecular complexity index is 849. The highest BCUT2D eigenvalue weighted by molar-refractivity contribution is 7.18. The lowest BCUT2D eigenvalue weighted by Gasteiger charge is -2.07. The van der Waals surface area contributed by atoms with E-state index in [1.54, 1.807) is 23.6 Å². The molecule has 5 heteroatoms. The molecule has 118 valence electrons. The highest BCUT2D eigenvalue weighted by Gasteiger charge is 2.12. The van der Waals surface area contributed by atoms with Gasteiger partial charge >= 0.3 is 0 Å². The van der Waals surface area contributed by atoms with E-state index in [0.29, 0.717) is 17.3 Å². The van der Waals surface area contributed by atoms with Crippen molar-refractivity contribution in [1.29, 1.82) is 5.26 Å². The first kappa shape index (κ1) is 17.3. The Hall–Kier alpha value is -2.09. The van der Waals surface area contributed by atoms with E-state index in [1.807, 2.05) is 23.6 Å². The van der Waals surface area contributed by atoms with Crippen molar-refractivity contribution in [1.82, 2.24) is 4.98 Å². The second kappa shape index (κ2) is 7.96. The Morgan fingerprint density at radius 1 is 1.30 bits per heavy atom. The minimum absolute atomic E-state index is 0.412. The van der Waals surface area contributed by atoms with Gasteiger partial charge in [0.2, 0.25) is 0 Å². The van der Waals surface area contributed by atoms with Crippen molar-refractivity contribution in [2.45, 2.75) is 26.7 Å². The number of fused-ring (bicyclic) bond motifs is 1. The van der Waals surface area contributed by atoms with Crippen molar-refractivity contribution in [3.05, 3.63) is 46.4 Å². The highest BCUT2D eigenvalue weighted by Crippen LogP contribution is 2.38. The van der Waals surface area contributed by atoms with Crippen LogP contribution >= 0.6 is 22.9 Å². The molecule has 2 aromatic heterocycles. The molecule has 3 rings (SSSR count). The summed E-state index contributed by atoms with van der Waals surface area (Å²) < 4.78 is 1.12. The van der Waals surface area contributed by atoms with Crippen LogP contribution in [0, 0.1) is 11.3 Å². The van der Waals surface area contributed by atoms with Crippen molar-refractivity contribution < 1.29 is 0 Å². The summed E-state index contributed by atoms with van der Waals surface area (Å²) in [4.78, 5) is 3.99. The van der Waals surface area contributed by atoms with Crippen molar-refractivity contribution in [2.24, 2.45) is 0 Å². The van der Waals surface area contributed by atoms with Gasteiger partial charge in [-0.25, -0.2) is 4.98 Å². The van der Waals surface area contributed by atoms with E-state index in [2.05, 4.69) is 24.9 Å². The third kappa shape index (κ3) is 3.82. The molecule has 0 unspecified atom stereocenters. The van der Waals surface area contributed by atoms with Crippen LogP contribution in [0.4, 0.5) is 5.82 Å². The van der Waals surface area contributed by atoms with E-state index in [0.717, 1.165) is 26.8 Å². The summed E-state index contributed by atoms with van der Waals surface area (Å²) in [6, 6.07) is 9.98. The van der Waals surface area contributed by atoms with Gasteiger partial charge in [-0.1, -0.05) is 50.1 Å². The number of nitriles is 1. The number of thiophene rings is 1. The fraction of sp³-hybridized carbons (Fsp3) is 0.222. The van der Waals surface area contributed by atoms with Crippen LogP contribution < -0.4 is 5.73 Å². The number of pyridine rings is 1. The Morgan fingerprint density at radius 3 is 2.74 bits per heavy atom. The molecule has 0 saturated carbocycles. The van der Waals surface area contributed by atoms with Crippen LogP contribution in [0.15, 0.2) is 35.8 Å². The molecule has 0 bridgehead atoms. The molecule has 0 aliphatic rings. The standard InChI is InChI=1S/C15H10ClN3S.C3H8/c16-13-7-19-14(18)6-12(13)11-3-1-2-10-9(4-5-17)8-20-15(10)11;1-3-2/h1-3,6-8H,4H2,(H2,18,19);3H2,1-2H3. The second-order valence-corrected chi connectivity index (χ2v) is 6.36. The summed E-state index contributed by atoms with van der Waals surface area (Å²) in [6.45, 7) is 4.25. The van der Waals surface area contributed by atoms with Gasteiger partial charge < -0.3 is 5.73 Å². The molecule has 0 fully saturated rings. The molecule has 0 amide bonds. The van der Waals surface area contributed by atoms with Gasteiger partial charge in [0.05, 0.1) is 17.5 Å². The van der Waals surface area contributed by atoms with Crippen LogP contribution in [0.3, 0.4) is 0 Å². The normalized spacial score (nSPS) is 10.0. The van der Waals surface area contributed by atoms with Crippen LogP contribution in [0.5, 0.6) is 0 Å². The largest absolute Gasteiger partial charge is 0.384 e. The van der Waals surface area contributed by atoms with Gasteiger partial charge in [0.1, 0.15) is 5.82 Å². The molecule has 23 heavy (non-hydrogen) atoms. The Labute approximate surface area is 145 Å². The first-order valence-corrected chi connectivity index (χ1v) is 8.65. The third-order valence-electron chi connectivity index (χ3n) is 3.12. The number of nitrogens with two attached hydrogens (primary N) is 1. The Kier molecular flexibility index (Phi) is 5.97. The van der Waals surface area contributed by atoms with E-state index >= 15 is 0 Å². The smallest absolute Gasteiger partial charge is 0.124 e. The second-order valence-electron chi connectivity index (χ2n) is 5.07. The summed E-state index contributed by atoms with van der Waals surface area (Å²) >= 11 is 7.85. The van der Waals surface area contributed by atoms with E-state index in [1.165, 1.54) is 6.42 Å². The lowest BCUT2D eigenvalue weighted by Crippen LogP contribution is -1.91. The van der Waals surface area contributed by atoms with Gasteiger partial charge in [0, 0.05) is 22.0 Å². The number of nitrogen functional groups attached to an aromatic ring is 1. The Balaban J connectivity index is 0.000000595. The molecule has 0 radical (unpaired) electrons. The Morgan fingerprint density at radius 2 is 2.04 bits per heavy atom. The van der Waals surface area contributed by atoms with E-state index in [4.69, 9.17) is 22.6 Å². The molecular formula is C18H18ClN3S. The molecule has 0 aliphatic heterocycles. The highest BCUT2D eigenvalue weighted by atomic mass is 35.5. The predicted molar refractivity (Wildman–Crippen MR) is 99.8 cm³/mol. The van der Waals surface area contributed by atoms with Crippen LogP contribution in [0.25, 0.3) is 21.2 Å². The fourth-order valence-electron chi connectivity index (χ4n) is 2.21. The maximum absolute atomic E-state index is 8.87. The number of halogens is 1. The van der Waals surface area contributed by atoms with Gasteiger partial charge in [0.25, 0.3) is 0 Å². The number of benzene rings is 1. The van der Waals surface area contributed by atoms with Crippen molar-refractivity contribution >= 4 is 38.8 Å². The van der Waals surface area contributed by atoms with E-state index < -0.39 is 0 Å². The molecular weight excluding hydrogens is 326 g/mol. The molecule has 0 atom stereocenters. The van der Waals surface area contributed by atoms with Crippen LogP contribution in [0.2, 0.25) is 5.02 Å². The van der Waals surface area contributed by atoms with Gasteiger partial charge in [-0.15, -0.1) is 11.3 Å². The van der Waals surface area contributed by atoms with Crippen molar-refractivity contribution in [2.75, 3.05) is 5.73 Å². The number of nitrogens with zero attached hydrogens (tertiary/aromatic N) is 2.